The van der Waals surface area contributed by atoms with Gasteiger partial charge in [-0.05, 0) is 71.3 Å². The molecular formula is C19H20FIN3+. The van der Waals surface area contributed by atoms with Gasteiger partial charge >= 0.3 is 0 Å². The average Bonchev–Trinajstić information content (AvgIpc) is 2.82. The highest BCUT2D eigenvalue weighted by atomic mass is 127. The van der Waals surface area contributed by atoms with Gasteiger partial charge in [0.05, 0.1) is 11.1 Å². The third-order valence-electron chi connectivity index (χ3n) is 4.27. The van der Waals surface area contributed by atoms with Crippen LogP contribution < -0.4 is 11.1 Å². The largest absolute Gasteiger partial charge is 0.398 e. The highest BCUT2D eigenvalue weighted by Gasteiger charge is 2.21. The topological polar surface area (TPSA) is 56.5 Å². The zero-order chi connectivity index (χ0) is 17.6. The summed E-state index contributed by atoms with van der Waals surface area (Å²) in [4.78, 5) is 0. The zero-order valence-corrected chi connectivity index (χ0v) is 16.1. The fourth-order valence-corrected chi connectivity index (χ4v) is 4.35. The lowest BCUT2D eigenvalue weighted by atomic mass is 10.1. The summed E-state index contributed by atoms with van der Waals surface area (Å²) in [5, 5.41) is 6.80. The van der Waals surface area contributed by atoms with E-state index in [2.05, 4.69) is 41.0 Å². The molecule has 2 aromatic carbocycles. The molecule has 0 bridgehead atoms. The molecule has 1 heterocycles. The molecule has 0 aliphatic rings. The van der Waals surface area contributed by atoms with Gasteiger partial charge in [0.15, 0.2) is 6.21 Å². The second-order valence-corrected chi connectivity index (χ2v) is 7.37. The Balaban J connectivity index is 2.45. The molecule has 3 rings (SSSR count). The fourth-order valence-electron chi connectivity index (χ4n) is 3.05. The van der Waals surface area contributed by atoms with Crippen molar-refractivity contribution in [2.75, 3.05) is 5.73 Å². The number of hydrogen-bond acceptors (Lipinski definition) is 1. The lowest BCUT2D eigenvalue weighted by Gasteiger charge is -2.15. The normalized spacial score (nSPS) is 11.4. The fraction of sp³-hybridized carbons (Fsp3) is 0.211. The quantitative estimate of drug-likeness (QED) is 0.368. The van der Waals surface area contributed by atoms with Crippen molar-refractivity contribution in [1.82, 2.24) is 4.57 Å². The van der Waals surface area contributed by atoms with Gasteiger partial charge in [-0.15, -0.1) is 0 Å². The molecule has 1 aromatic heterocycles. The number of halogens is 2. The summed E-state index contributed by atoms with van der Waals surface area (Å²) >= 11 is 2.37. The van der Waals surface area contributed by atoms with Crippen LogP contribution in [0.4, 0.5) is 10.1 Å². The molecule has 0 saturated heterocycles. The molecule has 0 amide bonds. The molecule has 5 heteroatoms. The number of aryl methyl sites for hydroxylation is 1. The average molecular weight is 436 g/mol. The van der Waals surface area contributed by atoms with Gasteiger partial charge in [0.25, 0.3) is 0 Å². The molecule has 0 fully saturated rings. The Bertz CT molecular complexity index is 957. The first-order valence-electron chi connectivity index (χ1n) is 7.80. The molecule has 0 atom stereocenters. The summed E-state index contributed by atoms with van der Waals surface area (Å²) < 4.78 is 17.1. The molecule has 0 aliphatic carbocycles. The molecule has 0 radical (unpaired) electrons. The number of anilines is 1. The molecule has 4 N–H and O–H groups in total. The maximum atomic E-state index is 13.7. The van der Waals surface area contributed by atoms with Crippen LogP contribution in [-0.2, 0) is 0 Å². The van der Waals surface area contributed by atoms with Gasteiger partial charge in [-0.3, -0.25) is 5.41 Å². The summed E-state index contributed by atoms with van der Waals surface area (Å²) in [6, 6.07) is 9.16. The minimum absolute atomic E-state index is 0.198. The first-order chi connectivity index (χ1) is 11.3. The molecule has 0 aliphatic heterocycles. The predicted octanol–water partition coefficient (Wildman–Crippen LogP) is 3.57. The van der Waals surface area contributed by atoms with Gasteiger partial charge < -0.3 is 10.3 Å². The Morgan fingerprint density at radius 2 is 1.96 bits per heavy atom. The first-order valence-corrected chi connectivity index (χ1v) is 8.87. The van der Waals surface area contributed by atoms with Crippen molar-refractivity contribution < 1.29 is 9.80 Å². The number of benzene rings is 2. The molecule has 24 heavy (non-hydrogen) atoms. The Morgan fingerprint density at radius 3 is 2.54 bits per heavy atom. The summed E-state index contributed by atoms with van der Waals surface area (Å²) in [6.45, 7) is 6.09. The van der Waals surface area contributed by atoms with Gasteiger partial charge in [-0.2, -0.15) is 0 Å². The van der Waals surface area contributed by atoms with E-state index in [0.29, 0.717) is 17.2 Å². The Hall–Kier alpha value is -1.89. The molecule has 124 valence electrons. The number of rotatable bonds is 3. The maximum absolute atomic E-state index is 13.7. The van der Waals surface area contributed by atoms with E-state index in [1.807, 2.05) is 24.3 Å². The van der Waals surface area contributed by atoms with Crippen molar-refractivity contribution in [3.05, 3.63) is 56.5 Å². The van der Waals surface area contributed by atoms with E-state index >= 15 is 0 Å². The van der Waals surface area contributed by atoms with Gasteiger partial charge in [-0.25, -0.2) is 4.39 Å². The van der Waals surface area contributed by atoms with Gasteiger partial charge in [-0.1, -0.05) is 13.8 Å². The molecular weight excluding hydrogens is 416 g/mol. The zero-order valence-electron chi connectivity index (χ0n) is 13.9. The number of aromatic nitrogens is 1. The van der Waals surface area contributed by atoms with Crippen molar-refractivity contribution in [3.63, 3.8) is 0 Å². The Morgan fingerprint density at radius 1 is 1.25 bits per heavy atom. The van der Waals surface area contributed by atoms with Crippen molar-refractivity contribution in [1.29, 1.82) is 0 Å². The lowest BCUT2D eigenvalue weighted by molar-refractivity contribution is -0.104. The molecule has 0 saturated carbocycles. The number of nitrogen functional groups attached to an aromatic ring is 1. The summed E-state index contributed by atoms with van der Waals surface area (Å²) in [7, 11) is 0. The number of nitrogens with zero attached hydrogens (tertiary/aromatic N) is 1. The van der Waals surface area contributed by atoms with Crippen LogP contribution in [0, 0.1) is 16.3 Å². The number of nitrogens with two attached hydrogens (primary N) is 2. The van der Waals surface area contributed by atoms with E-state index in [1.54, 1.807) is 6.92 Å². The van der Waals surface area contributed by atoms with Crippen LogP contribution in [0.3, 0.4) is 0 Å². The van der Waals surface area contributed by atoms with Crippen LogP contribution in [0.25, 0.3) is 16.6 Å². The maximum Gasteiger partial charge on any atom is 0.169 e. The summed E-state index contributed by atoms with van der Waals surface area (Å²) in [5.41, 5.74) is 11.3. The molecule has 0 spiro atoms. The van der Waals surface area contributed by atoms with E-state index in [9.17, 15) is 4.39 Å². The van der Waals surface area contributed by atoms with E-state index in [0.717, 1.165) is 25.7 Å². The van der Waals surface area contributed by atoms with Crippen LogP contribution in [0.2, 0.25) is 0 Å². The van der Waals surface area contributed by atoms with Crippen LogP contribution in [0.5, 0.6) is 0 Å². The Labute approximate surface area is 154 Å². The van der Waals surface area contributed by atoms with Gasteiger partial charge in [0.1, 0.15) is 5.82 Å². The number of hydrogen-bond donors (Lipinski definition) is 2. The highest BCUT2D eigenvalue weighted by molar-refractivity contribution is 14.1. The van der Waals surface area contributed by atoms with Crippen molar-refractivity contribution in [2.24, 2.45) is 0 Å². The SMILES string of the molecule is Cc1cc(-n2c(C(C)C)c(I)c3cc(N)c(C=[NH2+])cc32)ccc1F. The molecule has 3 nitrogen and oxygen atoms in total. The second-order valence-electron chi connectivity index (χ2n) is 6.29. The molecule has 0 unspecified atom stereocenters. The van der Waals surface area contributed by atoms with Crippen LogP contribution in [0.15, 0.2) is 30.3 Å². The van der Waals surface area contributed by atoms with E-state index < -0.39 is 0 Å². The second kappa shape index (κ2) is 6.20. The third kappa shape index (κ3) is 2.60. The number of fused-ring (bicyclic) bond motifs is 1. The smallest absolute Gasteiger partial charge is 0.169 e. The lowest BCUT2D eigenvalue weighted by Crippen LogP contribution is -2.30. The van der Waals surface area contributed by atoms with Gasteiger partial charge in [0, 0.05) is 26.0 Å². The van der Waals surface area contributed by atoms with Crippen LogP contribution in [-0.4, -0.2) is 10.8 Å². The minimum Gasteiger partial charge on any atom is -0.398 e. The summed E-state index contributed by atoms with van der Waals surface area (Å²) in [5.74, 6) is 0.109. The first kappa shape index (κ1) is 17.0. The van der Waals surface area contributed by atoms with Crippen molar-refractivity contribution in [2.45, 2.75) is 26.7 Å². The minimum atomic E-state index is -0.198. The van der Waals surface area contributed by atoms with Crippen LogP contribution in [0.1, 0.15) is 36.6 Å². The summed E-state index contributed by atoms with van der Waals surface area (Å²) in [6.07, 6.45) is 1.52. The molecule has 3 aromatic rings. The van der Waals surface area contributed by atoms with E-state index in [4.69, 9.17) is 11.1 Å². The van der Waals surface area contributed by atoms with Crippen molar-refractivity contribution >= 4 is 45.4 Å². The monoisotopic (exact) mass is 436 g/mol. The van der Waals surface area contributed by atoms with E-state index in [-0.39, 0.29) is 5.82 Å². The highest BCUT2D eigenvalue weighted by Crippen LogP contribution is 2.37. The third-order valence-corrected chi connectivity index (χ3v) is 5.40. The van der Waals surface area contributed by atoms with Crippen LogP contribution >= 0.6 is 22.6 Å². The van der Waals surface area contributed by atoms with E-state index in [1.165, 1.54) is 18.0 Å². The Kier molecular flexibility index (Phi) is 4.38. The van der Waals surface area contributed by atoms with Gasteiger partial charge in [0.2, 0.25) is 0 Å². The van der Waals surface area contributed by atoms with Crippen molar-refractivity contribution in [3.8, 4) is 5.69 Å². The predicted molar refractivity (Wildman–Crippen MR) is 106 cm³/mol. The standard InChI is InChI=1S/C19H19FIN3/c1-10(2)19-18(21)14-8-16(23)12(9-22)7-17(14)24(19)13-4-5-15(20)11(3)6-13/h4-10,22H,23H2,1-3H3/p+1.